The van der Waals surface area contributed by atoms with Crippen molar-refractivity contribution in [2.75, 3.05) is 0 Å². The van der Waals surface area contributed by atoms with Crippen LogP contribution in [0.2, 0.25) is 0 Å². The first-order valence-corrected chi connectivity index (χ1v) is 6.86. The second-order valence-electron chi connectivity index (χ2n) is 4.85. The monoisotopic (exact) mass is 282 g/mol. The molecule has 3 heteroatoms. The number of hydrogen-bond acceptors (Lipinski definition) is 2. The maximum atomic E-state index is 4.17. The predicted octanol–water partition coefficient (Wildman–Crippen LogP) is 3.51. The Morgan fingerprint density at radius 3 is 2.75 bits per heavy atom. The van der Waals surface area contributed by atoms with Gasteiger partial charge < -0.3 is 5.32 Å². The summed E-state index contributed by atoms with van der Waals surface area (Å²) in [7, 11) is 0. The Morgan fingerprint density at radius 2 is 2.06 bits per heavy atom. The fourth-order valence-electron chi connectivity index (χ4n) is 2.28. The van der Waals surface area contributed by atoms with Crippen LogP contribution in [-0.4, -0.2) is 11.0 Å². The molecule has 0 spiro atoms. The van der Waals surface area contributed by atoms with Crippen LogP contribution in [0.25, 0.3) is 0 Å². The van der Waals surface area contributed by atoms with Crippen molar-refractivity contribution in [2.45, 2.75) is 45.2 Å². The Hall–Kier alpha value is -0.410. The van der Waals surface area contributed by atoms with Crippen LogP contribution < -0.4 is 5.32 Å². The zero-order chi connectivity index (χ0) is 11.4. The summed E-state index contributed by atoms with van der Waals surface area (Å²) in [5.74, 6) is 0.922. The molecule has 1 fully saturated rings. The van der Waals surface area contributed by atoms with Crippen molar-refractivity contribution in [1.82, 2.24) is 10.3 Å². The molecule has 0 aliphatic heterocycles. The predicted molar refractivity (Wildman–Crippen MR) is 70.2 cm³/mol. The summed E-state index contributed by atoms with van der Waals surface area (Å²) < 4.78 is 1.06. The first-order chi connectivity index (χ1) is 7.74. The highest BCUT2D eigenvalue weighted by Crippen LogP contribution is 2.23. The lowest BCUT2D eigenvalue weighted by atomic mass is 9.87. The van der Waals surface area contributed by atoms with Crippen LogP contribution in [0.5, 0.6) is 0 Å². The van der Waals surface area contributed by atoms with Crippen molar-refractivity contribution in [3.63, 3.8) is 0 Å². The highest BCUT2D eigenvalue weighted by molar-refractivity contribution is 9.10. The molecule has 1 N–H and O–H groups in total. The van der Waals surface area contributed by atoms with Crippen LogP contribution >= 0.6 is 15.9 Å². The van der Waals surface area contributed by atoms with Crippen LogP contribution in [-0.2, 0) is 6.54 Å². The molecular weight excluding hydrogens is 264 g/mol. The first kappa shape index (κ1) is 12.1. The van der Waals surface area contributed by atoms with Crippen LogP contribution in [0, 0.1) is 5.92 Å². The lowest BCUT2D eigenvalue weighted by Gasteiger charge is -2.27. The van der Waals surface area contributed by atoms with Gasteiger partial charge in [-0.1, -0.05) is 6.92 Å². The van der Waals surface area contributed by atoms with E-state index in [0.717, 1.165) is 16.9 Å². The van der Waals surface area contributed by atoms with E-state index in [1.807, 2.05) is 12.4 Å². The molecule has 2 rings (SSSR count). The van der Waals surface area contributed by atoms with Crippen molar-refractivity contribution < 1.29 is 0 Å². The van der Waals surface area contributed by atoms with Gasteiger partial charge in [-0.25, -0.2) is 0 Å². The van der Waals surface area contributed by atoms with Gasteiger partial charge in [0.1, 0.15) is 0 Å². The number of aromatic nitrogens is 1. The summed E-state index contributed by atoms with van der Waals surface area (Å²) in [5, 5.41) is 3.62. The van der Waals surface area contributed by atoms with E-state index >= 15 is 0 Å². The van der Waals surface area contributed by atoms with E-state index in [1.165, 1.54) is 31.2 Å². The molecule has 0 amide bonds. The third-order valence-corrected chi connectivity index (χ3v) is 3.81. The lowest BCUT2D eigenvalue weighted by Crippen LogP contribution is -2.32. The lowest BCUT2D eigenvalue weighted by molar-refractivity contribution is 0.306. The molecule has 1 saturated carbocycles. The van der Waals surface area contributed by atoms with Gasteiger partial charge in [0.2, 0.25) is 0 Å². The van der Waals surface area contributed by atoms with Crippen LogP contribution in [0.4, 0.5) is 0 Å². The summed E-state index contributed by atoms with van der Waals surface area (Å²) in [4.78, 5) is 4.17. The molecule has 0 saturated heterocycles. The molecule has 1 aromatic rings. The van der Waals surface area contributed by atoms with Crippen molar-refractivity contribution in [3.8, 4) is 0 Å². The smallest absolute Gasteiger partial charge is 0.0410 e. The standard InChI is InChI=1S/C13H19BrN2/c1-10-2-4-13(5-3-10)16-8-11-6-12(14)9-15-7-11/h6-7,9-10,13,16H,2-5,8H2,1H3. The van der Waals surface area contributed by atoms with E-state index in [-0.39, 0.29) is 0 Å². The number of nitrogens with zero attached hydrogens (tertiary/aromatic N) is 1. The SMILES string of the molecule is CC1CCC(NCc2cncc(Br)c2)CC1. The summed E-state index contributed by atoms with van der Waals surface area (Å²) in [6, 6.07) is 2.83. The third kappa shape index (κ3) is 3.56. The minimum atomic E-state index is 0.704. The fraction of sp³-hybridized carbons (Fsp3) is 0.615. The highest BCUT2D eigenvalue weighted by Gasteiger charge is 2.17. The number of halogens is 1. The van der Waals surface area contributed by atoms with E-state index in [0.29, 0.717) is 6.04 Å². The Kier molecular flexibility index (Phi) is 4.36. The zero-order valence-electron chi connectivity index (χ0n) is 9.75. The molecule has 0 aromatic carbocycles. The largest absolute Gasteiger partial charge is 0.310 e. The molecule has 0 bridgehead atoms. The van der Waals surface area contributed by atoms with E-state index in [1.54, 1.807) is 0 Å². The molecule has 1 heterocycles. The average molecular weight is 283 g/mol. The van der Waals surface area contributed by atoms with E-state index in [2.05, 4.69) is 39.2 Å². The highest BCUT2D eigenvalue weighted by atomic mass is 79.9. The van der Waals surface area contributed by atoms with E-state index in [9.17, 15) is 0 Å². The van der Waals surface area contributed by atoms with Crippen molar-refractivity contribution >= 4 is 15.9 Å². The first-order valence-electron chi connectivity index (χ1n) is 6.07. The van der Waals surface area contributed by atoms with Crippen molar-refractivity contribution in [2.24, 2.45) is 5.92 Å². The number of pyridine rings is 1. The second-order valence-corrected chi connectivity index (χ2v) is 5.76. The molecule has 0 atom stereocenters. The maximum Gasteiger partial charge on any atom is 0.0410 e. The molecule has 0 radical (unpaired) electrons. The van der Waals surface area contributed by atoms with Gasteiger partial charge in [0, 0.05) is 29.5 Å². The van der Waals surface area contributed by atoms with E-state index in [4.69, 9.17) is 0 Å². The molecule has 2 nitrogen and oxygen atoms in total. The third-order valence-electron chi connectivity index (χ3n) is 3.37. The summed E-state index contributed by atoms with van der Waals surface area (Å²) in [6.45, 7) is 3.29. The van der Waals surface area contributed by atoms with Crippen molar-refractivity contribution in [3.05, 3.63) is 28.5 Å². The quantitative estimate of drug-likeness (QED) is 0.918. The van der Waals surface area contributed by atoms with Gasteiger partial charge in [0.05, 0.1) is 0 Å². The van der Waals surface area contributed by atoms with Gasteiger partial charge in [-0.2, -0.15) is 0 Å². The summed E-state index contributed by atoms with van der Waals surface area (Å²) >= 11 is 3.45. The molecule has 1 aliphatic rings. The van der Waals surface area contributed by atoms with Gasteiger partial charge >= 0.3 is 0 Å². The van der Waals surface area contributed by atoms with Crippen molar-refractivity contribution in [1.29, 1.82) is 0 Å². The van der Waals surface area contributed by atoms with Crippen LogP contribution in [0.1, 0.15) is 38.2 Å². The second kappa shape index (κ2) is 5.78. The maximum absolute atomic E-state index is 4.17. The van der Waals surface area contributed by atoms with E-state index < -0.39 is 0 Å². The van der Waals surface area contributed by atoms with Gasteiger partial charge in [-0.15, -0.1) is 0 Å². The van der Waals surface area contributed by atoms with Gasteiger partial charge in [0.25, 0.3) is 0 Å². The fourth-order valence-corrected chi connectivity index (χ4v) is 2.69. The molecule has 1 aliphatic carbocycles. The van der Waals surface area contributed by atoms with Gasteiger partial charge in [-0.05, 0) is 59.2 Å². The number of nitrogens with one attached hydrogen (secondary N) is 1. The number of rotatable bonds is 3. The van der Waals surface area contributed by atoms with Gasteiger partial charge in [0.15, 0.2) is 0 Å². The Morgan fingerprint density at radius 1 is 1.31 bits per heavy atom. The van der Waals surface area contributed by atoms with Crippen LogP contribution in [0.15, 0.2) is 22.9 Å². The van der Waals surface area contributed by atoms with Crippen LogP contribution in [0.3, 0.4) is 0 Å². The molecular formula is C13H19BrN2. The molecule has 88 valence electrons. The Bertz CT molecular complexity index is 332. The Labute approximate surface area is 106 Å². The molecule has 0 unspecified atom stereocenters. The normalized spacial score (nSPS) is 25.6. The molecule has 16 heavy (non-hydrogen) atoms. The minimum Gasteiger partial charge on any atom is -0.310 e. The average Bonchev–Trinajstić information content (AvgIpc) is 2.28. The minimum absolute atomic E-state index is 0.704. The summed E-state index contributed by atoms with van der Waals surface area (Å²) in [6.07, 6.45) is 9.14. The number of hydrogen-bond donors (Lipinski definition) is 1. The zero-order valence-corrected chi connectivity index (χ0v) is 11.3. The summed E-state index contributed by atoms with van der Waals surface area (Å²) in [5.41, 5.74) is 1.26. The molecule has 1 aromatic heterocycles. The Balaban J connectivity index is 1.79. The topological polar surface area (TPSA) is 24.9 Å². The van der Waals surface area contributed by atoms with Gasteiger partial charge in [-0.3, -0.25) is 4.98 Å².